The van der Waals surface area contributed by atoms with E-state index in [0.717, 1.165) is 13.0 Å². The molecule has 0 spiro atoms. The highest BCUT2D eigenvalue weighted by molar-refractivity contribution is 5.82. The van der Waals surface area contributed by atoms with Crippen LogP contribution in [0.1, 0.15) is 34.1 Å². The van der Waals surface area contributed by atoms with Gasteiger partial charge >= 0.3 is 0 Å². The minimum absolute atomic E-state index is 0.0957. The van der Waals surface area contributed by atoms with E-state index in [1.54, 1.807) is 0 Å². The molecule has 0 amide bonds. The summed E-state index contributed by atoms with van der Waals surface area (Å²) in [5, 5.41) is 0. The molecule has 0 atom stereocenters. The summed E-state index contributed by atoms with van der Waals surface area (Å²) in [7, 11) is 0. The lowest BCUT2D eigenvalue weighted by Gasteiger charge is -2.18. The third-order valence-electron chi connectivity index (χ3n) is 1.28. The molecule has 0 N–H and O–H groups in total. The highest BCUT2D eigenvalue weighted by atomic mass is 16.5. The van der Waals surface area contributed by atoms with E-state index in [2.05, 4.69) is 18.0 Å². The van der Waals surface area contributed by atoms with Crippen LogP contribution in [-0.4, -0.2) is 12.4 Å². The molecule has 0 saturated carbocycles. The molecule has 0 aliphatic carbocycles. The second-order valence-corrected chi connectivity index (χ2v) is 3.66. The molecule has 2 nitrogen and oxygen atoms in total. The maximum atomic E-state index is 5.04. The highest BCUT2D eigenvalue weighted by Gasteiger charge is 2.20. The Hall–Kier alpha value is -0.970. The number of rotatable bonds is 2. The van der Waals surface area contributed by atoms with Crippen LogP contribution in [0.3, 0.4) is 0 Å². The first-order valence-electron chi connectivity index (χ1n) is 4.19. The van der Waals surface area contributed by atoms with Gasteiger partial charge in [0.05, 0.1) is 0 Å². The lowest BCUT2D eigenvalue weighted by molar-refractivity contribution is 0.405. The molecule has 0 bridgehead atoms. The Morgan fingerprint density at radius 1 is 1.50 bits per heavy atom. The summed E-state index contributed by atoms with van der Waals surface area (Å²) in [4.78, 5) is 4.26. The average Bonchev–Trinajstić information content (AvgIpc) is 1.95. The zero-order valence-corrected chi connectivity index (χ0v) is 8.35. The molecule has 0 fully saturated rings. The van der Waals surface area contributed by atoms with Crippen LogP contribution in [-0.2, 0) is 4.74 Å². The Bertz CT molecular complexity index is 193. The van der Waals surface area contributed by atoms with E-state index in [1.165, 1.54) is 0 Å². The Kier molecular flexibility index (Phi) is 4.43. The molecule has 0 saturated heterocycles. The minimum atomic E-state index is -0.0957. The van der Waals surface area contributed by atoms with Gasteiger partial charge in [-0.2, -0.15) is 0 Å². The van der Waals surface area contributed by atoms with Gasteiger partial charge in [0.15, 0.2) is 0 Å². The van der Waals surface area contributed by atoms with Crippen molar-refractivity contribution in [2.45, 2.75) is 34.1 Å². The third-order valence-corrected chi connectivity index (χ3v) is 1.28. The summed E-state index contributed by atoms with van der Waals surface area (Å²) in [5.41, 5.74) is -0.0957. The number of terminal acetylenes is 1. The van der Waals surface area contributed by atoms with Gasteiger partial charge in [-0.15, -0.1) is 0 Å². The predicted molar refractivity (Wildman–Crippen MR) is 52.0 cm³/mol. The second-order valence-electron chi connectivity index (χ2n) is 3.66. The average molecular weight is 167 g/mol. The first-order valence-corrected chi connectivity index (χ1v) is 4.19. The topological polar surface area (TPSA) is 21.6 Å². The van der Waals surface area contributed by atoms with Gasteiger partial charge in [0.2, 0.25) is 5.90 Å². The number of hydrogen-bond donors (Lipinski definition) is 0. The molecule has 0 aromatic carbocycles. The van der Waals surface area contributed by atoms with Crippen molar-refractivity contribution in [2.24, 2.45) is 10.4 Å². The molecular formula is C10H17NO. The minimum Gasteiger partial charge on any atom is -0.392 e. The molecule has 0 radical (unpaired) electrons. The van der Waals surface area contributed by atoms with Crippen molar-refractivity contribution in [3.05, 3.63) is 0 Å². The molecule has 68 valence electrons. The Balaban J connectivity index is 4.35. The zero-order chi connectivity index (χ0) is 9.61. The molecule has 2 heteroatoms. The maximum absolute atomic E-state index is 5.04. The second kappa shape index (κ2) is 4.82. The van der Waals surface area contributed by atoms with Gasteiger partial charge in [-0.3, -0.25) is 4.99 Å². The van der Waals surface area contributed by atoms with Gasteiger partial charge in [0, 0.05) is 12.0 Å². The monoisotopic (exact) mass is 167 g/mol. The SMILES string of the molecule is C#COC(=NCCC)C(C)(C)C. The summed E-state index contributed by atoms with van der Waals surface area (Å²) >= 11 is 0. The van der Waals surface area contributed by atoms with E-state index in [-0.39, 0.29) is 5.41 Å². The van der Waals surface area contributed by atoms with Gasteiger partial charge < -0.3 is 4.74 Å². The van der Waals surface area contributed by atoms with Crippen molar-refractivity contribution < 1.29 is 4.74 Å². The lowest BCUT2D eigenvalue weighted by atomic mass is 9.96. The van der Waals surface area contributed by atoms with Crippen LogP contribution in [0.15, 0.2) is 4.99 Å². The fourth-order valence-electron chi connectivity index (χ4n) is 0.692. The number of ether oxygens (including phenoxy) is 1. The smallest absolute Gasteiger partial charge is 0.207 e. The van der Waals surface area contributed by atoms with Gasteiger partial charge in [-0.05, 0) is 6.42 Å². The van der Waals surface area contributed by atoms with Crippen LogP contribution >= 0.6 is 0 Å². The zero-order valence-electron chi connectivity index (χ0n) is 8.35. The van der Waals surface area contributed by atoms with Crippen LogP contribution < -0.4 is 0 Å². The van der Waals surface area contributed by atoms with Crippen molar-refractivity contribution in [3.63, 3.8) is 0 Å². The molecular weight excluding hydrogens is 150 g/mol. The fourth-order valence-corrected chi connectivity index (χ4v) is 0.692. The molecule has 0 heterocycles. The fraction of sp³-hybridized carbons (Fsp3) is 0.700. The first-order chi connectivity index (χ1) is 5.52. The number of aliphatic imine (C=N–C) groups is 1. The van der Waals surface area contributed by atoms with E-state index in [0.29, 0.717) is 5.90 Å². The van der Waals surface area contributed by atoms with E-state index in [9.17, 15) is 0 Å². The molecule has 0 unspecified atom stereocenters. The Morgan fingerprint density at radius 3 is 2.42 bits per heavy atom. The Morgan fingerprint density at radius 2 is 2.08 bits per heavy atom. The van der Waals surface area contributed by atoms with Crippen molar-refractivity contribution in [2.75, 3.05) is 6.54 Å². The highest BCUT2D eigenvalue weighted by Crippen LogP contribution is 2.16. The van der Waals surface area contributed by atoms with Gasteiger partial charge in [-0.1, -0.05) is 34.1 Å². The van der Waals surface area contributed by atoms with Crippen LogP contribution in [0.5, 0.6) is 0 Å². The van der Waals surface area contributed by atoms with Crippen molar-refractivity contribution >= 4 is 5.90 Å². The first kappa shape index (κ1) is 11.0. The van der Waals surface area contributed by atoms with E-state index < -0.39 is 0 Å². The molecule has 0 aliphatic rings. The summed E-state index contributed by atoms with van der Waals surface area (Å²) in [6.45, 7) is 8.92. The summed E-state index contributed by atoms with van der Waals surface area (Å²) in [6, 6.07) is 0. The predicted octanol–water partition coefficient (Wildman–Crippen LogP) is 2.45. The normalized spacial score (nSPS) is 12.4. The van der Waals surface area contributed by atoms with Crippen LogP contribution in [0.2, 0.25) is 0 Å². The van der Waals surface area contributed by atoms with E-state index in [4.69, 9.17) is 11.2 Å². The van der Waals surface area contributed by atoms with Gasteiger partial charge in [0.25, 0.3) is 0 Å². The molecule has 0 rings (SSSR count). The maximum Gasteiger partial charge on any atom is 0.207 e. The Labute approximate surface area is 75.0 Å². The van der Waals surface area contributed by atoms with Crippen molar-refractivity contribution in [1.29, 1.82) is 0 Å². The van der Waals surface area contributed by atoms with E-state index in [1.807, 2.05) is 20.8 Å². The summed E-state index contributed by atoms with van der Waals surface area (Å²) < 4.78 is 4.99. The summed E-state index contributed by atoms with van der Waals surface area (Å²) in [6.07, 6.45) is 8.20. The van der Waals surface area contributed by atoms with Crippen LogP contribution in [0.4, 0.5) is 0 Å². The van der Waals surface area contributed by atoms with Crippen LogP contribution in [0.25, 0.3) is 0 Å². The van der Waals surface area contributed by atoms with Gasteiger partial charge in [-0.25, -0.2) is 0 Å². The number of nitrogens with zero attached hydrogens (tertiary/aromatic N) is 1. The third kappa shape index (κ3) is 4.02. The largest absolute Gasteiger partial charge is 0.392 e. The van der Waals surface area contributed by atoms with Crippen molar-refractivity contribution in [3.8, 4) is 12.5 Å². The lowest BCUT2D eigenvalue weighted by Crippen LogP contribution is -2.22. The number of hydrogen-bond acceptors (Lipinski definition) is 2. The van der Waals surface area contributed by atoms with E-state index >= 15 is 0 Å². The molecule has 0 aromatic rings. The molecule has 12 heavy (non-hydrogen) atoms. The van der Waals surface area contributed by atoms with Gasteiger partial charge in [0.1, 0.15) is 6.11 Å². The van der Waals surface area contributed by atoms with Crippen LogP contribution in [0, 0.1) is 17.9 Å². The molecule has 0 aromatic heterocycles. The standard InChI is InChI=1S/C10H17NO/c1-6-8-11-9(12-7-2)10(3,4)5/h2H,6,8H2,1,3-5H3. The summed E-state index contributed by atoms with van der Waals surface area (Å²) in [5.74, 6) is 0.645. The molecule has 0 aliphatic heterocycles. The van der Waals surface area contributed by atoms with Crippen molar-refractivity contribution in [1.82, 2.24) is 0 Å². The quantitative estimate of drug-likeness (QED) is 0.351.